The standard InChI is InChI=1S/C12H15Cl2NO2/c1-8(3-2-6-13)15-12(17)10-7-9(16)4-5-11(10)14/h4-5,7-8,16H,2-3,6H2,1H3,(H,15,17). The lowest BCUT2D eigenvalue weighted by Gasteiger charge is -2.13. The van der Waals surface area contributed by atoms with Crippen LogP contribution in [0.5, 0.6) is 5.75 Å². The number of alkyl halides is 1. The van der Waals surface area contributed by atoms with Crippen LogP contribution in [-0.4, -0.2) is 22.9 Å². The predicted molar refractivity (Wildman–Crippen MR) is 70.0 cm³/mol. The third kappa shape index (κ3) is 4.44. The summed E-state index contributed by atoms with van der Waals surface area (Å²) in [5.41, 5.74) is 0.282. The summed E-state index contributed by atoms with van der Waals surface area (Å²) in [6, 6.07) is 4.32. The smallest absolute Gasteiger partial charge is 0.253 e. The van der Waals surface area contributed by atoms with Crippen molar-refractivity contribution in [2.45, 2.75) is 25.8 Å². The number of amides is 1. The number of rotatable bonds is 5. The molecule has 0 radical (unpaired) electrons. The van der Waals surface area contributed by atoms with Crippen LogP contribution in [0.1, 0.15) is 30.1 Å². The number of halogens is 2. The van der Waals surface area contributed by atoms with Gasteiger partial charge in [-0.05, 0) is 38.0 Å². The summed E-state index contributed by atoms with van der Waals surface area (Å²) in [4.78, 5) is 11.9. The monoisotopic (exact) mass is 275 g/mol. The van der Waals surface area contributed by atoms with Gasteiger partial charge in [-0.15, -0.1) is 11.6 Å². The zero-order valence-electron chi connectivity index (χ0n) is 9.54. The van der Waals surface area contributed by atoms with Crippen LogP contribution in [0.15, 0.2) is 18.2 Å². The van der Waals surface area contributed by atoms with E-state index in [9.17, 15) is 9.90 Å². The molecule has 0 saturated carbocycles. The molecule has 0 aromatic heterocycles. The first-order valence-electron chi connectivity index (χ1n) is 5.40. The van der Waals surface area contributed by atoms with E-state index in [2.05, 4.69) is 5.32 Å². The van der Waals surface area contributed by atoms with Crippen molar-refractivity contribution in [2.75, 3.05) is 5.88 Å². The number of hydrogen-bond acceptors (Lipinski definition) is 2. The molecule has 1 atom stereocenters. The molecule has 0 heterocycles. The van der Waals surface area contributed by atoms with E-state index < -0.39 is 0 Å². The molecule has 17 heavy (non-hydrogen) atoms. The van der Waals surface area contributed by atoms with Crippen LogP contribution in [-0.2, 0) is 0 Å². The van der Waals surface area contributed by atoms with Gasteiger partial charge in [-0.25, -0.2) is 0 Å². The SMILES string of the molecule is CC(CCCCl)NC(=O)c1cc(O)ccc1Cl. The molecule has 1 amide bonds. The molecule has 0 saturated heterocycles. The maximum atomic E-state index is 11.9. The van der Waals surface area contributed by atoms with Gasteiger partial charge >= 0.3 is 0 Å². The van der Waals surface area contributed by atoms with E-state index >= 15 is 0 Å². The van der Waals surface area contributed by atoms with Gasteiger partial charge < -0.3 is 10.4 Å². The molecule has 3 nitrogen and oxygen atoms in total. The number of aromatic hydroxyl groups is 1. The van der Waals surface area contributed by atoms with E-state index in [4.69, 9.17) is 23.2 Å². The molecule has 0 aliphatic rings. The average molecular weight is 276 g/mol. The third-order valence-electron chi connectivity index (χ3n) is 2.34. The highest BCUT2D eigenvalue weighted by atomic mass is 35.5. The minimum Gasteiger partial charge on any atom is -0.508 e. The van der Waals surface area contributed by atoms with Gasteiger partial charge in [0.1, 0.15) is 5.75 Å². The van der Waals surface area contributed by atoms with E-state index in [0.717, 1.165) is 12.8 Å². The summed E-state index contributed by atoms with van der Waals surface area (Å²) >= 11 is 11.5. The maximum absolute atomic E-state index is 11.9. The molecule has 5 heteroatoms. The van der Waals surface area contributed by atoms with Gasteiger partial charge in [0.15, 0.2) is 0 Å². The molecule has 1 aromatic carbocycles. The quantitative estimate of drug-likeness (QED) is 0.811. The van der Waals surface area contributed by atoms with Crippen LogP contribution >= 0.6 is 23.2 Å². The van der Waals surface area contributed by atoms with Gasteiger partial charge in [0.2, 0.25) is 0 Å². The first-order valence-corrected chi connectivity index (χ1v) is 6.31. The minimum absolute atomic E-state index is 0.0213. The number of phenols is 1. The van der Waals surface area contributed by atoms with Crippen LogP contribution in [0.3, 0.4) is 0 Å². The molecule has 0 bridgehead atoms. The van der Waals surface area contributed by atoms with Gasteiger partial charge in [0.05, 0.1) is 10.6 Å². The summed E-state index contributed by atoms with van der Waals surface area (Å²) in [5, 5.41) is 12.4. The lowest BCUT2D eigenvalue weighted by atomic mass is 10.1. The summed E-state index contributed by atoms with van der Waals surface area (Å²) in [6.45, 7) is 1.90. The van der Waals surface area contributed by atoms with Gasteiger partial charge in [0, 0.05) is 11.9 Å². The molecule has 1 aromatic rings. The first-order chi connectivity index (χ1) is 8.04. The molecule has 0 spiro atoms. The molecule has 2 N–H and O–H groups in total. The highest BCUT2D eigenvalue weighted by molar-refractivity contribution is 6.33. The highest BCUT2D eigenvalue weighted by Crippen LogP contribution is 2.21. The zero-order chi connectivity index (χ0) is 12.8. The number of benzene rings is 1. The second kappa shape index (κ2) is 6.72. The van der Waals surface area contributed by atoms with E-state index in [-0.39, 0.29) is 23.3 Å². The van der Waals surface area contributed by atoms with Crippen molar-refractivity contribution in [3.63, 3.8) is 0 Å². The van der Waals surface area contributed by atoms with Crippen LogP contribution < -0.4 is 5.32 Å². The Morgan fingerprint density at radius 1 is 1.53 bits per heavy atom. The lowest BCUT2D eigenvalue weighted by molar-refractivity contribution is 0.0938. The fraction of sp³-hybridized carbons (Fsp3) is 0.417. The summed E-state index contributed by atoms with van der Waals surface area (Å²) in [7, 11) is 0. The molecule has 0 aliphatic carbocycles. The lowest BCUT2D eigenvalue weighted by Crippen LogP contribution is -2.32. The Hall–Kier alpha value is -0.930. The van der Waals surface area contributed by atoms with Gasteiger partial charge in [-0.2, -0.15) is 0 Å². The van der Waals surface area contributed by atoms with Crippen molar-refractivity contribution < 1.29 is 9.90 Å². The fourth-order valence-electron chi connectivity index (χ4n) is 1.44. The highest BCUT2D eigenvalue weighted by Gasteiger charge is 2.13. The van der Waals surface area contributed by atoms with Crippen molar-refractivity contribution in [1.29, 1.82) is 0 Å². The van der Waals surface area contributed by atoms with E-state index in [1.807, 2.05) is 6.92 Å². The van der Waals surface area contributed by atoms with E-state index in [1.54, 1.807) is 0 Å². The van der Waals surface area contributed by atoms with Crippen molar-refractivity contribution in [3.05, 3.63) is 28.8 Å². The topological polar surface area (TPSA) is 49.3 Å². The molecule has 0 aliphatic heterocycles. The van der Waals surface area contributed by atoms with E-state index in [0.29, 0.717) is 10.9 Å². The number of phenolic OH excluding ortho intramolecular Hbond substituents is 1. The molecular formula is C12H15Cl2NO2. The Balaban J connectivity index is 2.66. The molecular weight excluding hydrogens is 261 g/mol. The third-order valence-corrected chi connectivity index (χ3v) is 2.94. The Labute approximate surface area is 111 Å². The number of hydrogen-bond donors (Lipinski definition) is 2. The summed E-state index contributed by atoms with van der Waals surface area (Å²) in [6.07, 6.45) is 1.66. The Morgan fingerprint density at radius 2 is 2.24 bits per heavy atom. The fourth-order valence-corrected chi connectivity index (χ4v) is 1.80. The van der Waals surface area contributed by atoms with Crippen LogP contribution in [0.4, 0.5) is 0 Å². The Bertz CT molecular complexity index is 396. The summed E-state index contributed by atoms with van der Waals surface area (Å²) < 4.78 is 0. The zero-order valence-corrected chi connectivity index (χ0v) is 11.1. The van der Waals surface area contributed by atoms with Gasteiger partial charge in [-0.1, -0.05) is 11.6 Å². The van der Waals surface area contributed by atoms with Gasteiger partial charge in [0.25, 0.3) is 5.91 Å². The number of carbonyl (C=O) groups is 1. The normalized spacial score (nSPS) is 12.2. The van der Waals surface area contributed by atoms with Crippen LogP contribution in [0, 0.1) is 0 Å². The molecule has 94 valence electrons. The molecule has 1 rings (SSSR count). The van der Waals surface area contributed by atoms with Gasteiger partial charge in [-0.3, -0.25) is 4.79 Å². The van der Waals surface area contributed by atoms with Crippen molar-refractivity contribution in [3.8, 4) is 5.75 Å². The van der Waals surface area contributed by atoms with Crippen molar-refractivity contribution in [1.82, 2.24) is 5.32 Å². The maximum Gasteiger partial charge on any atom is 0.253 e. The number of nitrogens with one attached hydrogen (secondary N) is 1. The molecule has 1 unspecified atom stereocenters. The number of carbonyl (C=O) groups excluding carboxylic acids is 1. The summed E-state index contributed by atoms with van der Waals surface area (Å²) in [5.74, 6) is 0.313. The van der Waals surface area contributed by atoms with Crippen LogP contribution in [0.25, 0.3) is 0 Å². The average Bonchev–Trinajstić information content (AvgIpc) is 2.29. The largest absolute Gasteiger partial charge is 0.508 e. The van der Waals surface area contributed by atoms with Crippen molar-refractivity contribution in [2.24, 2.45) is 0 Å². The first kappa shape index (κ1) is 14.1. The van der Waals surface area contributed by atoms with Crippen LogP contribution in [0.2, 0.25) is 5.02 Å². The Kier molecular flexibility index (Phi) is 5.59. The Morgan fingerprint density at radius 3 is 2.88 bits per heavy atom. The second-order valence-corrected chi connectivity index (χ2v) is 4.66. The molecule has 0 fully saturated rings. The van der Waals surface area contributed by atoms with Crippen molar-refractivity contribution >= 4 is 29.1 Å². The second-order valence-electron chi connectivity index (χ2n) is 3.87. The van der Waals surface area contributed by atoms with E-state index in [1.165, 1.54) is 18.2 Å². The predicted octanol–water partition coefficient (Wildman–Crippen LogP) is 3.18. The minimum atomic E-state index is -0.284.